The molecule has 1 aromatic rings. The van der Waals surface area contributed by atoms with Gasteiger partial charge in [0.1, 0.15) is 5.75 Å². The van der Waals surface area contributed by atoms with Crippen LogP contribution in [0.3, 0.4) is 0 Å². The van der Waals surface area contributed by atoms with E-state index < -0.39 is 0 Å². The second kappa shape index (κ2) is 3.58. The molecule has 0 unspecified atom stereocenters. The zero-order valence-corrected chi connectivity index (χ0v) is 8.04. The molecule has 0 aliphatic carbocycles. The highest BCUT2D eigenvalue weighted by atomic mass is 79.9. The van der Waals surface area contributed by atoms with E-state index >= 15 is 0 Å². The zero-order valence-electron chi connectivity index (χ0n) is 6.45. The first-order chi connectivity index (χ1) is 5.65. The second-order valence-electron chi connectivity index (χ2n) is 2.35. The van der Waals surface area contributed by atoms with Crippen molar-refractivity contribution in [1.82, 2.24) is 0 Å². The largest absolute Gasteiger partial charge is 0.507 e. The first-order valence-corrected chi connectivity index (χ1v) is 4.12. The van der Waals surface area contributed by atoms with Crippen molar-refractivity contribution in [2.45, 2.75) is 6.92 Å². The van der Waals surface area contributed by atoms with Crippen LogP contribution in [0, 0.1) is 0 Å². The van der Waals surface area contributed by atoms with Crippen LogP contribution in [0.15, 0.2) is 27.8 Å². The van der Waals surface area contributed by atoms with Crippen molar-refractivity contribution in [2.75, 3.05) is 0 Å². The van der Waals surface area contributed by atoms with E-state index in [0.29, 0.717) is 11.3 Å². The van der Waals surface area contributed by atoms with Gasteiger partial charge in [-0.05, 0) is 25.1 Å². The third-order valence-electron chi connectivity index (χ3n) is 1.50. The Hall–Kier alpha value is -1.03. The van der Waals surface area contributed by atoms with Crippen LogP contribution >= 0.6 is 15.9 Å². The van der Waals surface area contributed by atoms with E-state index in [1.807, 2.05) is 0 Å². The lowest BCUT2D eigenvalue weighted by atomic mass is 10.1. The molecule has 12 heavy (non-hydrogen) atoms. The van der Waals surface area contributed by atoms with Crippen molar-refractivity contribution >= 4 is 21.6 Å². The first-order valence-electron chi connectivity index (χ1n) is 3.32. The maximum absolute atomic E-state index is 9.32. The maximum Gasteiger partial charge on any atom is 0.124 e. The molecule has 4 heteroatoms. The van der Waals surface area contributed by atoms with Gasteiger partial charge in [-0.25, -0.2) is 0 Å². The summed E-state index contributed by atoms with van der Waals surface area (Å²) in [5.74, 6) is 0.105. The van der Waals surface area contributed by atoms with Crippen LogP contribution in [0.2, 0.25) is 0 Å². The number of halogens is 1. The smallest absolute Gasteiger partial charge is 0.124 e. The van der Waals surface area contributed by atoms with Gasteiger partial charge in [0, 0.05) is 10.0 Å². The summed E-state index contributed by atoms with van der Waals surface area (Å²) in [5.41, 5.74) is 0.903. The lowest BCUT2D eigenvalue weighted by Crippen LogP contribution is -1.94. The van der Waals surface area contributed by atoms with Crippen LogP contribution in [0.5, 0.6) is 5.75 Å². The number of rotatable bonds is 1. The second-order valence-corrected chi connectivity index (χ2v) is 3.26. The van der Waals surface area contributed by atoms with E-state index in [0.717, 1.165) is 4.47 Å². The molecule has 0 radical (unpaired) electrons. The minimum Gasteiger partial charge on any atom is -0.507 e. The van der Waals surface area contributed by atoms with E-state index in [4.69, 9.17) is 5.21 Å². The highest BCUT2D eigenvalue weighted by Gasteiger charge is 2.04. The molecule has 2 N–H and O–H groups in total. The van der Waals surface area contributed by atoms with Crippen molar-refractivity contribution in [1.29, 1.82) is 0 Å². The molecule has 3 nitrogen and oxygen atoms in total. The average Bonchev–Trinajstić information content (AvgIpc) is 2.08. The van der Waals surface area contributed by atoms with Gasteiger partial charge >= 0.3 is 0 Å². The predicted octanol–water partition coefficient (Wildman–Crippen LogP) is 2.35. The fraction of sp³-hybridized carbons (Fsp3) is 0.125. The van der Waals surface area contributed by atoms with E-state index in [-0.39, 0.29) is 5.75 Å². The number of nitrogens with zero attached hydrogens (tertiary/aromatic N) is 1. The Morgan fingerprint density at radius 1 is 1.50 bits per heavy atom. The van der Waals surface area contributed by atoms with Crippen molar-refractivity contribution in [2.24, 2.45) is 5.16 Å². The SMILES string of the molecule is C/C(=N/O)c1cc(Br)ccc1O. The highest BCUT2D eigenvalue weighted by molar-refractivity contribution is 9.10. The number of hydrogen-bond donors (Lipinski definition) is 2. The topological polar surface area (TPSA) is 52.8 Å². The molecular weight excluding hydrogens is 222 g/mol. The molecule has 0 fully saturated rings. The fourth-order valence-corrected chi connectivity index (χ4v) is 1.21. The molecule has 0 atom stereocenters. The number of benzene rings is 1. The van der Waals surface area contributed by atoms with Crippen molar-refractivity contribution in [3.05, 3.63) is 28.2 Å². The number of aromatic hydroxyl groups is 1. The van der Waals surface area contributed by atoms with Gasteiger partial charge in [0.25, 0.3) is 0 Å². The Labute approximate surface area is 78.5 Å². The van der Waals surface area contributed by atoms with Gasteiger partial charge in [0.15, 0.2) is 0 Å². The fourth-order valence-electron chi connectivity index (χ4n) is 0.852. The van der Waals surface area contributed by atoms with Crippen molar-refractivity contribution in [3.8, 4) is 5.75 Å². The molecule has 0 aliphatic rings. The molecule has 0 heterocycles. The standard InChI is InChI=1S/C8H8BrNO2/c1-5(10-12)7-4-6(9)2-3-8(7)11/h2-4,11-12H,1H3/b10-5-. The highest BCUT2D eigenvalue weighted by Crippen LogP contribution is 2.22. The summed E-state index contributed by atoms with van der Waals surface area (Å²) in [7, 11) is 0. The molecule has 0 aliphatic heterocycles. The lowest BCUT2D eigenvalue weighted by Gasteiger charge is -2.02. The molecule has 0 aromatic heterocycles. The molecule has 0 amide bonds. The predicted molar refractivity (Wildman–Crippen MR) is 49.8 cm³/mol. The molecule has 1 aromatic carbocycles. The number of phenols is 1. The molecule has 1 rings (SSSR count). The molecule has 0 saturated heterocycles. The summed E-state index contributed by atoms with van der Waals surface area (Å²) in [6, 6.07) is 4.93. The van der Waals surface area contributed by atoms with Gasteiger partial charge < -0.3 is 10.3 Å². The molecular formula is C8H8BrNO2. The zero-order chi connectivity index (χ0) is 9.14. The summed E-state index contributed by atoms with van der Waals surface area (Å²) in [6.07, 6.45) is 0. The van der Waals surface area contributed by atoms with Crippen LogP contribution in [-0.4, -0.2) is 16.0 Å². The Morgan fingerprint density at radius 2 is 2.17 bits per heavy atom. The van der Waals surface area contributed by atoms with Crippen LogP contribution in [0.4, 0.5) is 0 Å². The van der Waals surface area contributed by atoms with Gasteiger partial charge in [0.05, 0.1) is 5.71 Å². The quantitative estimate of drug-likeness (QED) is 0.442. The van der Waals surface area contributed by atoms with E-state index in [1.54, 1.807) is 19.1 Å². The number of phenolic OH excluding ortho intramolecular Hbond substituents is 1. The van der Waals surface area contributed by atoms with Crippen molar-refractivity contribution < 1.29 is 10.3 Å². The van der Waals surface area contributed by atoms with Gasteiger partial charge in [-0.15, -0.1) is 0 Å². The summed E-state index contributed by atoms with van der Waals surface area (Å²) in [4.78, 5) is 0. The number of oxime groups is 1. The van der Waals surface area contributed by atoms with Crippen LogP contribution in [0.25, 0.3) is 0 Å². The van der Waals surface area contributed by atoms with Crippen LogP contribution in [0.1, 0.15) is 12.5 Å². The number of hydrogen-bond acceptors (Lipinski definition) is 3. The Balaban J connectivity index is 3.23. The summed E-state index contributed by atoms with van der Waals surface area (Å²) in [6.45, 7) is 1.61. The normalized spacial score (nSPS) is 11.7. The Bertz CT molecular complexity index is 323. The molecule has 64 valence electrons. The van der Waals surface area contributed by atoms with E-state index in [2.05, 4.69) is 21.1 Å². The van der Waals surface area contributed by atoms with Crippen LogP contribution in [-0.2, 0) is 0 Å². The Morgan fingerprint density at radius 3 is 2.75 bits per heavy atom. The molecule has 0 spiro atoms. The molecule has 0 bridgehead atoms. The third-order valence-corrected chi connectivity index (χ3v) is 1.99. The minimum absolute atomic E-state index is 0.105. The first kappa shape index (κ1) is 9.06. The monoisotopic (exact) mass is 229 g/mol. The third kappa shape index (κ3) is 1.76. The maximum atomic E-state index is 9.32. The van der Waals surface area contributed by atoms with E-state index in [9.17, 15) is 5.11 Å². The molecule has 0 saturated carbocycles. The van der Waals surface area contributed by atoms with Gasteiger partial charge in [-0.3, -0.25) is 0 Å². The van der Waals surface area contributed by atoms with Gasteiger partial charge in [0.2, 0.25) is 0 Å². The van der Waals surface area contributed by atoms with Gasteiger partial charge in [-0.2, -0.15) is 0 Å². The average molecular weight is 230 g/mol. The summed E-state index contributed by atoms with van der Waals surface area (Å²) in [5, 5.41) is 20.8. The van der Waals surface area contributed by atoms with Crippen molar-refractivity contribution in [3.63, 3.8) is 0 Å². The van der Waals surface area contributed by atoms with Crippen LogP contribution < -0.4 is 0 Å². The summed E-state index contributed by atoms with van der Waals surface area (Å²) >= 11 is 3.25. The minimum atomic E-state index is 0.105. The Kier molecular flexibility index (Phi) is 2.70. The van der Waals surface area contributed by atoms with E-state index in [1.165, 1.54) is 6.07 Å². The van der Waals surface area contributed by atoms with Gasteiger partial charge in [-0.1, -0.05) is 21.1 Å². The summed E-state index contributed by atoms with van der Waals surface area (Å²) < 4.78 is 0.832. The lowest BCUT2D eigenvalue weighted by molar-refractivity contribution is 0.318.